The highest BCUT2D eigenvalue weighted by Gasteiger charge is 2.07. The summed E-state index contributed by atoms with van der Waals surface area (Å²) in [6, 6.07) is 7.10. The zero-order valence-electron chi connectivity index (χ0n) is 12.5. The topological polar surface area (TPSA) is 92.3 Å². The molecule has 0 radical (unpaired) electrons. The van der Waals surface area contributed by atoms with Crippen LogP contribution in [0.5, 0.6) is 5.75 Å². The van der Waals surface area contributed by atoms with Crippen LogP contribution in [0.2, 0.25) is 0 Å². The number of ether oxygens (including phenoxy) is 1. The average Bonchev–Trinajstić information content (AvgIpc) is 2.40. The molecule has 2 aromatic rings. The predicted molar refractivity (Wildman–Crippen MR) is 81.3 cm³/mol. The largest absolute Gasteiger partial charge is 0.493 e. The first-order valence-corrected chi connectivity index (χ1v) is 6.95. The van der Waals surface area contributed by atoms with Gasteiger partial charge in [0.05, 0.1) is 18.7 Å². The second-order valence-electron chi connectivity index (χ2n) is 5.07. The zero-order valence-corrected chi connectivity index (χ0v) is 12.5. The van der Waals surface area contributed by atoms with E-state index in [9.17, 15) is 9.59 Å². The number of H-pyrrole nitrogens is 1. The number of carboxylic acid groups (broad SMARTS) is 1. The molecule has 1 aromatic carbocycles. The van der Waals surface area contributed by atoms with Crippen molar-refractivity contribution in [3.05, 3.63) is 57.3 Å². The van der Waals surface area contributed by atoms with Crippen molar-refractivity contribution in [1.82, 2.24) is 9.97 Å². The number of carbonyl (C=O) groups is 1. The highest BCUT2D eigenvalue weighted by molar-refractivity contribution is 5.69. The molecule has 0 saturated heterocycles. The molecule has 0 bridgehead atoms. The molecule has 6 heteroatoms. The molecule has 0 aliphatic rings. The van der Waals surface area contributed by atoms with Gasteiger partial charge in [0.2, 0.25) is 0 Å². The number of benzene rings is 1. The Morgan fingerprint density at radius 3 is 2.64 bits per heavy atom. The van der Waals surface area contributed by atoms with E-state index in [0.717, 1.165) is 16.9 Å². The van der Waals surface area contributed by atoms with Gasteiger partial charge in [-0.05, 0) is 25.0 Å². The maximum Gasteiger partial charge on any atom is 0.309 e. The molecule has 0 spiro atoms. The Morgan fingerprint density at radius 2 is 2.00 bits per heavy atom. The summed E-state index contributed by atoms with van der Waals surface area (Å²) in [6.45, 7) is 4.29. The van der Waals surface area contributed by atoms with Crippen LogP contribution in [-0.4, -0.2) is 27.7 Å². The number of para-hydroxylation sites is 1. The minimum Gasteiger partial charge on any atom is -0.493 e. The van der Waals surface area contributed by atoms with Crippen molar-refractivity contribution in [2.75, 3.05) is 6.61 Å². The summed E-state index contributed by atoms with van der Waals surface area (Å²) in [4.78, 5) is 28.9. The minimum absolute atomic E-state index is 0.248. The van der Waals surface area contributed by atoms with Gasteiger partial charge in [-0.2, -0.15) is 0 Å². The summed E-state index contributed by atoms with van der Waals surface area (Å²) in [5, 5.41) is 8.76. The summed E-state index contributed by atoms with van der Waals surface area (Å²) in [6.07, 6.45) is 0.130. The minimum atomic E-state index is -1.02. The quantitative estimate of drug-likeness (QED) is 0.846. The smallest absolute Gasteiger partial charge is 0.309 e. The molecule has 0 atom stereocenters. The molecular formula is C16H18N2O4. The Balaban J connectivity index is 2.04. The summed E-state index contributed by atoms with van der Waals surface area (Å²) < 4.78 is 5.75. The molecule has 0 aliphatic heterocycles. The van der Waals surface area contributed by atoms with E-state index in [1.54, 1.807) is 0 Å². The second kappa shape index (κ2) is 6.89. The Bertz CT molecular complexity index is 717. The van der Waals surface area contributed by atoms with Crippen LogP contribution in [0, 0.1) is 13.8 Å². The predicted octanol–water partition coefficient (Wildman–Crippen LogP) is 1.64. The highest BCUT2D eigenvalue weighted by atomic mass is 16.5. The van der Waals surface area contributed by atoms with Crippen molar-refractivity contribution in [2.24, 2.45) is 0 Å². The van der Waals surface area contributed by atoms with E-state index in [2.05, 4.69) is 9.97 Å². The van der Waals surface area contributed by atoms with Crippen LogP contribution in [0.4, 0.5) is 0 Å². The molecule has 0 fully saturated rings. The van der Waals surface area contributed by atoms with Crippen LogP contribution in [0.1, 0.15) is 22.6 Å². The fourth-order valence-corrected chi connectivity index (χ4v) is 2.20. The average molecular weight is 302 g/mol. The van der Waals surface area contributed by atoms with Crippen molar-refractivity contribution in [3.63, 3.8) is 0 Å². The van der Waals surface area contributed by atoms with Gasteiger partial charge >= 0.3 is 5.97 Å². The van der Waals surface area contributed by atoms with E-state index < -0.39 is 5.97 Å². The van der Waals surface area contributed by atoms with Crippen molar-refractivity contribution < 1.29 is 14.6 Å². The number of aliphatic carboxylic acids is 1. The van der Waals surface area contributed by atoms with E-state index >= 15 is 0 Å². The fraction of sp³-hybridized carbons (Fsp3) is 0.312. The van der Waals surface area contributed by atoms with Crippen molar-refractivity contribution in [3.8, 4) is 5.75 Å². The summed E-state index contributed by atoms with van der Waals surface area (Å²) in [5.41, 5.74) is 1.98. The van der Waals surface area contributed by atoms with Crippen LogP contribution in [0.15, 0.2) is 29.1 Å². The molecule has 22 heavy (non-hydrogen) atoms. The monoisotopic (exact) mass is 302 g/mol. The van der Waals surface area contributed by atoms with Crippen LogP contribution < -0.4 is 10.3 Å². The van der Waals surface area contributed by atoms with Gasteiger partial charge in [-0.15, -0.1) is 0 Å². The Hall–Kier alpha value is -2.63. The van der Waals surface area contributed by atoms with E-state index in [4.69, 9.17) is 9.84 Å². The number of hydrogen-bond donors (Lipinski definition) is 2. The van der Waals surface area contributed by atoms with Crippen molar-refractivity contribution in [1.29, 1.82) is 0 Å². The SMILES string of the molecule is Cc1cccc(C)c1OCCc1nc(CC(=O)O)cc(=O)[nH]1. The van der Waals surface area contributed by atoms with E-state index in [1.807, 2.05) is 32.0 Å². The van der Waals surface area contributed by atoms with Gasteiger partial charge < -0.3 is 14.8 Å². The van der Waals surface area contributed by atoms with Gasteiger partial charge in [-0.25, -0.2) is 4.98 Å². The Morgan fingerprint density at radius 1 is 1.32 bits per heavy atom. The maximum atomic E-state index is 11.5. The Kier molecular flexibility index (Phi) is 4.93. The number of carboxylic acids is 1. The lowest BCUT2D eigenvalue weighted by molar-refractivity contribution is -0.136. The first-order valence-electron chi connectivity index (χ1n) is 6.95. The highest BCUT2D eigenvalue weighted by Crippen LogP contribution is 2.22. The van der Waals surface area contributed by atoms with Gasteiger partial charge in [0.25, 0.3) is 5.56 Å². The third-order valence-electron chi connectivity index (χ3n) is 3.17. The molecule has 0 aliphatic carbocycles. The molecule has 2 N–H and O–H groups in total. The maximum absolute atomic E-state index is 11.5. The van der Waals surface area contributed by atoms with E-state index in [1.165, 1.54) is 6.07 Å². The standard InChI is InChI=1S/C16H18N2O4/c1-10-4-3-5-11(2)16(10)22-7-6-13-17-12(9-15(20)21)8-14(19)18-13/h3-5,8H,6-7,9H2,1-2H3,(H,20,21)(H,17,18,19). The lowest BCUT2D eigenvalue weighted by Gasteiger charge is -2.11. The zero-order chi connectivity index (χ0) is 16.1. The number of rotatable bonds is 6. The summed E-state index contributed by atoms with van der Waals surface area (Å²) >= 11 is 0. The van der Waals surface area contributed by atoms with Crippen LogP contribution in [-0.2, 0) is 17.6 Å². The summed E-state index contributed by atoms with van der Waals surface area (Å²) in [7, 11) is 0. The molecule has 116 valence electrons. The van der Waals surface area contributed by atoms with Gasteiger partial charge in [0.1, 0.15) is 11.6 Å². The summed E-state index contributed by atoms with van der Waals surface area (Å²) in [5.74, 6) is 0.234. The second-order valence-corrected chi connectivity index (χ2v) is 5.07. The molecular weight excluding hydrogens is 284 g/mol. The van der Waals surface area contributed by atoms with Crippen molar-refractivity contribution >= 4 is 5.97 Å². The Labute approximate surface area is 127 Å². The first-order chi connectivity index (χ1) is 10.5. The fourth-order valence-electron chi connectivity index (χ4n) is 2.20. The third kappa shape index (κ3) is 4.18. The lowest BCUT2D eigenvalue weighted by atomic mass is 10.1. The van der Waals surface area contributed by atoms with E-state index in [-0.39, 0.29) is 17.7 Å². The number of aryl methyl sites for hydroxylation is 2. The number of aromatic amines is 1. The van der Waals surface area contributed by atoms with Crippen molar-refractivity contribution in [2.45, 2.75) is 26.7 Å². The lowest BCUT2D eigenvalue weighted by Crippen LogP contribution is -2.17. The number of hydrogen-bond acceptors (Lipinski definition) is 4. The molecule has 2 rings (SSSR count). The van der Waals surface area contributed by atoms with Gasteiger partial charge in [-0.3, -0.25) is 9.59 Å². The number of nitrogens with zero attached hydrogens (tertiary/aromatic N) is 1. The van der Waals surface area contributed by atoms with Gasteiger partial charge in [-0.1, -0.05) is 18.2 Å². The molecule has 1 heterocycles. The van der Waals surface area contributed by atoms with Crippen LogP contribution >= 0.6 is 0 Å². The van der Waals surface area contributed by atoms with Crippen LogP contribution in [0.3, 0.4) is 0 Å². The van der Waals surface area contributed by atoms with E-state index in [0.29, 0.717) is 18.9 Å². The molecule has 0 saturated carbocycles. The normalized spacial score (nSPS) is 10.5. The molecule has 0 amide bonds. The van der Waals surface area contributed by atoms with Gasteiger partial charge in [0, 0.05) is 12.5 Å². The first kappa shape index (κ1) is 15.8. The molecule has 1 aromatic heterocycles. The van der Waals surface area contributed by atoms with Gasteiger partial charge in [0.15, 0.2) is 0 Å². The molecule has 6 nitrogen and oxygen atoms in total. The number of aromatic nitrogens is 2. The van der Waals surface area contributed by atoms with Crippen LogP contribution in [0.25, 0.3) is 0 Å². The third-order valence-corrected chi connectivity index (χ3v) is 3.17. The number of nitrogens with one attached hydrogen (secondary N) is 1. The molecule has 0 unspecified atom stereocenters.